The molecule has 0 spiro atoms. The number of aliphatic carboxylic acids is 1. The number of carbonyl (C=O) groups is 1. The van der Waals surface area contributed by atoms with Gasteiger partial charge in [0.15, 0.2) is 0 Å². The molecule has 8 heteroatoms. The van der Waals surface area contributed by atoms with E-state index in [1.54, 1.807) is 0 Å². The minimum Gasteiger partial charge on any atom is -0.480 e. The number of hydrogen-bond donors (Lipinski definition) is 1. The summed E-state index contributed by atoms with van der Waals surface area (Å²) in [4.78, 5) is 13.4. The zero-order valence-electron chi connectivity index (χ0n) is 10.8. The standard InChI is InChI=1S/C12H13ClN4O2S/c1-7-14-15-10-6-16(4-8-2-3-20-11(8)13)9(12(18)19)5-17(7)10/h2-3,9H,4-6H2,1H3,(H,18,19). The molecule has 1 aliphatic rings. The zero-order valence-corrected chi connectivity index (χ0v) is 12.4. The van der Waals surface area contributed by atoms with Crippen LogP contribution in [-0.4, -0.2) is 36.8 Å². The molecule has 106 valence electrons. The molecule has 1 N–H and O–H groups in total. The molecule has 1 atom stereocenters. The van der Waals surface area contributed by atoms with Gasteiger partial charge in [-0.05, 0) is 23.9 Å². The summed E-state index contributed by atoms with van der Waals surface area (Å²) in [5.41, 5.74) is 0.951. The maximum atomic E-state index is 11.5. The van der Waals surface area contributed by atoms with E-state index >= 15 is 0 Å². The predicted molar refractivity (Wildman–Crippen MR) is 74.8 cm³/mol. The van der Waals surface area contributed by atoms with Gasteiger partial charge in [0, 0.05) is 6.54 Å². The molecule has 1 aliphatic heterocycles. The Morgan fingerprint density at radius 3 is 3.05 bits per heavy atom. The normalized spacial score (nSPS) is 19.0. The molecule has 0 saturated carbocycles. The molecule has 20 heavy (non-hydrogen) atoms. The highest BCUT2D eigenvalue weighted by molar-refractivity contribution is 7.14. The third-order valence-corrected chi connectivity index (χ3v) is 4.76. The minimum absolute atomic E-state index is 0.366. The van der Waals surface area contributed by atoms with Gasteiger partial charge < -0.3 is 9.67 Å². The molecule has 0 radical (unpaired) electrons. The van der Waals surface area contributed by atoms with Crippen molar-refractivity contribution < 1.29 is 9.90 Å². The first-order chi connectivity index (χ1) is 9.56. The number of halogens is 1. The van der Waals surface area contributed by atoms with E-state index in [9.17, 15) is 9.90 Å². The Hall–Kier alpha value is -1.44. The SMILES string of the molecule is Cc1nnc2n1CC(C(=O)O)N(Cc1ccsc1Cl)C2. The highest BCUT2D eigenvalue weighted by Gasteiger charge is 2.33. The van der Waals surface area contributed by atoms with Crippen molar-refractivity contribution in [3.05, 3.63) is 33.0 Å². The fraction of sp³-hybridized carbons (Fsp3) is 0.417. The van der Waals surface area contributed by atoms with Gasteiger partial charge in [0.1, 0.15) is 17.7 Å². The van der Waals surface area contributed by atoms with E-state index in [2.05, 4.69) is 10.2 Å². The van der Waals surface area contributed by atoms with Gasteiger partial charge in [-0.15, -0.1) is 21.5 Å². The minimum atomic E-state index is -0.838. The maximum Gasteiger partial charge on any atom is 0.322 e. The van der Waals surface area contributed by atoms with Crippen LogP contribution in [-0.2, 0) is 24.4 Å². The number of rotatable bonds is 3. The first kappa shape index (κ1) is 13.5. The van der Waals surface area contributed by atoms with Crippen LogP contribution in [0.25, 0.3) is 0 Å². The highest BCUT2D eigenvalue weighted by Crippen LogP contribution is 2.27. The van der Waals surface area contributed by atoms with Crippen LogP contribution in [0, 0.1) is 6.92 Å². The van der Waals surface area contributed by atoms with Gasteiger partial charge in [-0.25, -0.2) is 0 Å². The van der Waals surface area contributed by atoms with Crippen molar-refractivity contribution in [3.63, 3.8) is 0 Å². The van der Waals surface area contributed by atoms with Crippen molar-refractivity contribution in [1.29, 1.82) is 0 Å². The Balaban J connectivity index is 1.89. The van der Waals surface area contributed by atoms with Gasteiger partial charge >= 0.3 is 5.97 Å². The Kier molecular flexibility index (Phi) is 3.49. The van der Waals surface area contributed by atoms with Crippen LogP contribution in [0.4, 0.5) is 0 Å². The average molecular weight is 313 g/mol. The molecular weight excluding hydrogens is 300 g/mol. The quantitative estimate of drug-likeness (QED) is 0.935. The van der Waals surface area contributed by atoms with Crippen molar-refractivity contribution >= 4 is 28.9 Å². The van der Waals surface area contributed by atoms with Crippen molar-refractivity contribution in [2.75, 3.05) is 0 Å². The van der Waals surface area contributed by atoms with Gasteiger partial charge in [0.2, 0.25) is 0 Å². The number of carboxylic acids is 1. The summed E-state index contributed by atoms with van der Waals surface area (Å²) in [5.74, 6) is 0.709. The summed E-state index contributed by atoms with van der Waals surface area (Å²) in [6.07, 6.45) is 0. The molecule has 2 aromatic rings. The van der Waals surface area contributed by atoms with Gasteiger partial charge in [0.05, 0.1) is 17.4 Å². The Bertz CT molecular complexity index is 654. The molecule has 0 aliphatic carbocycles. The lowest BCUT2D eigenvalue weighted by Crippen LogP contribution is -2.47. The van der Waals surface area contributed by atoms with Gasteiger partial charge in [-0.3, -0.25) is 9.69 Å². The maximum absolute atomic E-state index is 11.5. The van der Waals surface area contributed by atoms with E-state index < -0.39 is 12.0 Å². The van der Waals surface area contributed by atoms with Crippen LogP contribution >= 0.6 is 22.9 Å². The van der Waals surface area contributed by atoms with Crippen LogP contribution in [0.5, 0.6) is 0 Å². The predicted octanol–water partition coefficient (Wildman–Crippen LogP) is 1.77. The molecule has 2 aromatic heterocycles. The second-order valence-electron chi connectivity index (χ2n) is 4.75. The van der Waals surface area contributed by atoms with Gasteiger partial charge in [0.25, 0.3) is 0 Å². The smallest absolute Gasteiger partial charge is 0.322 e. The molecule has 0 fully saturated rings. The number of fused-ring (bicyclic) bond motifs is 1. The monoisotopic (exact) mass is 312 g/mol. The lowest BCUT2D eigenvalue weighted by Gasteiger charge is -2.33. The van der Waals surface area contributed by atoms with Crippen LogP contribution < -0.4 is 0 Å². The molecule has 1 unspecified atom stereocenters. The average Bonchev–Trinajstić information content (AvgIpc) is 2.96. The molecule has 0 amide bonds. The molecule has 3 heterocycles. The summed E-state index contributed by atoms with van der Waals surface area (Å²) < 4.78 is 2.57. The molecular formula is C12H13ClN4O2S. The Labute approximate surface area is 124 Å². The lowest BCUT2D eigenvalue weighted by molar-refractivity contribution is -0.145. The summed E-state index contributed by atoms with van der Waals surface area (Å²) >= 11 is 7.55. The van der Waals surface area contributed by atoms with Gasteiger partial charge in [-0.1, -0.05) is 11.6 Å². The number of aromatic nitrogens is 3. The summed E-state index contributed by atoms with van der Waals surface area (Å²) in [5, 5.41) is 19.5. The van der Waals surface area contributed by atoms with Gasteiger partial charge in [-0.2, -0.15) is 0 Å². The number of nitrogens with zero attached hydrogens (tertiary/aromatic N) is 4. The third-order valence-electron chi connectivity index (χ3n) is 3.50. The molecule has 6 nitrogen and oxygen atoms in total. The first-order valence-electron chi connectivity index (χ1n) is 6.13. The molecule has 0 bridgehead atoms. The van der Waals surface area contributed by atoms with E-state index in [1.165, 1.54) is 11.3 Å². The van der Waals surface area contributed by atoms with E-state index in [0.717, 1.165) is 17.2 Å². The van der Waals surface area contributed by atoms with Crippen LogP contribution in [0.2, 0.25) is 4.34 Å². The summed E-state index contributed by atoms with van der Waals surface area (Å²) in [6.45, 7) is 3.17. The number of hydrogen-bond acceptors (Lipinski definition) is 5. The Morgan fingerprint density at radius 1 is 1.60 bits per heavy atom. The van der Waals surface area contributed by atoms with Crippen molar-refractivity contribution in [3.8, 4) is 0 Å². The van der Waals surface area contributed by atoms with E-state index in [0.29, 0.717) is 24.0 Å². The van der Waals surface area contributed by atoms with E-state index in [1.807, 2.05) is 27.8 Å². The van der Waals surface area contributed by atoms with Crippen LogP contribution in [0.15, 0.2) is 11.4 Å². The summed E-state index contributed by atoms with van der Waals surface area (Å²) in [7, 11) is 0. The Morgan fingerprint density at radius 2 is 2.40 bits per heavy atom. The zero-order chi connectivity index (χ0) is 14.3. The van der Waals surface area contributed by atoms with E-state index in [4.69, 9.17) is 11.6 Å². The number of carboxylic acid groups (broad SMARTS) is 1. The van der Waals surface area contributed by atoms with Crippen molar-refractivity contribution in [1.82, 2.24) is 19.7 Å². The molecule has 0 saturated heterocycles. The lowest BCUT2D eigenvalue weighted by atomic mass is 10.1. The molecule has 0 aromatic carbocycles. The highest BCUT2D eigenvalue weighted by atomic mass is 35.5. The van der Waals surface area contributed by atoms with Crippen molar-refractivity contribution in [2.24, 2.45) is 0 Å². The number of aryl methyl sites for hydroxylation is 1. The fourth-order valence-corrected chi connectivity index (χ4v) is 3.32. The second-order valence-corrected chi connectivity index (χ2v) is 6.27. The largest absolute Gasteiger partial charge is 0.480 e. The van der Waals surface area contributed by atoms with Crippen LogP contribution in [0.1, 0.15) is 17.2 Å². The number of thiophene rings is 1. The molecule has 3 rings (SSSR count). The van der Waals surface area contributed by atoms with Crippen LogP contribution in [0.3, 0.4) is 0 Å². The topological polar surface area (TPSA) is 71.2 Å². The fourth-order valence-electron chi connectivity index (χ4n) is 2.41. The third kappa shape index (κ3) is 2.32. The first-order valence-corrected chi connectivity index (χ1v) is 7.39. The van der Waals surface area contributed by atoms with Crippen molar-refractivity contribution in [2.45, 2.75) is 32.6 Å². The van der Waals surface area contributed by atoms with E-state index in [-0.39, 0.29) is 0 Å². The second kappa shape index (κ2) is 5.16. The summed E-state index contributed by atoms with van der Waals surface area (Å²) in [6, 6.07) is 1.34.